The van der Waals surface area contributed by atoms with Gasteiger partial charge in [0.05, 0.1) is 10.6 Å². The highest BCUT2D eigenvalue weighted by Gasteiger charge is 2.42. The molecule has 2 aliphatic rings. The molecule has 9 heteroatoms. The van der Waals surface area contributed by atoms with Gasteiger partial charge in [0.25, 0.3) is 17.5 Å². The number of hydrogen-bond donors (Lipinski definition) is 0. The lowest BCUT2D eigenvalue weighted by Crippen LogP contribution is -2.47. The SMILES string of the molecule is O=C1C(Cl)=C(N2CCN(C/C=C/c3ccccc3)CC2)C(=O)N1c1ccc([N+](=O)[O-])cc1. The number of carbonyl (C=O) groups excluding carboxylic acids is 2. The third-order valence-corrected chi connectivity index (χ3v) is 5.83. The van der Waals surface area contributed by atoms with Crippen molar-refractivity contribution in [3.05, 3.63) is 87.1 Å². The molecule has 2 heterocycles. The van der Waals surface area contributed by atoms with Crippen molar-refractivity contribution in [3.63, 3.8) is 0 Å². The monoisotopic (exact) mass is 452 g/mol. The Morgan fingerprint density at radius 2 is 1.59 bits per heavy atom. The van der Waals surface area contributed by atoms with Gasteiger partial charge in [-0.15, -0.1) is 0 Å². The Kier molecular flexibility index (Phi) is 6.34. The first-order chi connectivity index (χ1) is 15.5. The molecule has 0 radical (unpaired) electrons. The summed E-state index contributed by atoms with van der Waals surface area (Å²) in [4.78, 5) is 41.1. The van der Waals surface area contributed by atoms with Crippen molar-refractivity contribution < 1.29 is 14.5 Å². The zero-order valence-electron chi connectivity index (χ0n) is 17.2. The number of amides is 2. The van der Waals surface area contributed by atoms with E-state index in [0.29, 0.717) is 13.1 Å². The predicted molar refractivity (Wildman–Crippen MR) is 122 cm³/mol. The first-order valence-corrected chi connectivity index (χ1v) is 10.6. The van der Waals surface area contributed by atoms with Crippen LogP contribution >= 0.6 is 11.6 Å². The standard InChI is InChI=1S/C23H21ClN4O4/c24-20-21(23(30)27(22(20)29)18-8-10-19(11-9-18)28(31)32)26-15-13-25(14-16-26)12-4-7-17-5-2-1-3-6-17/h1-11H,12-16H2/b7-4+. The van der Waals surface area contributed by atoms with Gasteiger partial charge in [0, 0.05) is 44.9 Å². The van der Waals surface area contributed by atoms with E-state index in [1.165, 1.54) is 24.3 Å². The summed E-state index contributed by atoms with van der Waals surface area (Å²) in [5.74, 6) is -1.12. The molecule has 1 fully saturated rings. The van der Waals surface area contributed by atoms with Crippen LogP contribution in [0.2, 0.25) is 0 Å². The summed E-state index contributed by atoms with van der Waals surface area (Å²) in [6.07, 6.45) is 4.19. The molecule has 2 aromatic carbocycles. The maximum atomic E-state index is 13.0. The van der Waals surface area contributed by atoms with Crippen molar-refractivity contribution in [1.82, 2.24) is 9.80 Å². The van der Waals surface area contributed by atoms with E-state index in [4.69, 9.17) is 11.6 Å². The first kappa shape index (κ1) is 21.7. The molecule has 2 amide bonds. The van der Waals surface area contributed by atoms with Gasteiger partial charge < -0.3 is 4.90 Å². The summed E-state index contributed by atoms with van der Waals surface area (Å²) in [6.45, 7) is 3.38. The molecule has 0 unspecified atom stereocenters. The zero-order valence-corrected chi connectivity index (χ0v) is 17.9. The molecule has 0 saturated carbocycles. The van der Waals surface area contributed by atoms with E-state index in [0.717, 1.165) is 30.1 Å². The molecule has 0 N–H and O–H groups in total. The number of benzene rings is 2. The Labute approximate surface area is 190 Å². The van der Waals surface area contributed by atoms with Gasteiger partial charge in [-0.25, -0.2) is 4.90 Å². The lowest BCUT2D eigenvalue weighted by molar-refractivity contribution is -0.384. The minimum Gasteiger partial charge on any atom is -0.363 e. The van der Waals surface area contributed by atoms with Crippen molar-refractivity contribution in [1.29, 1.82) is 0 Å². The Bertz CT molecular complexity index is 1090. The van der Waals surface area contributed by atoms with Crippen LogP contribution in [-0.4, -0.2) is 59.3 Å². The average Bonchev–Trinajstić information content (AvgIpc) is 3.03. The Morgan fingerprint density at radius 3 is 2.22 bits per heavy atom. The maximum Gasteiger partial charge on any atom is 0.283 e. The molecule has 0 bridgehead atoms. The van der Waals surface area contributed by atoms with Crippen LogP contribution in [0.5, 0.6) is 0 Å². The van der Waals surface area contributed by atoms with Gasteiger partial charge in [-0.3, -0.25) is 24.6 Å². The summed E-state index contributed by atoms with van der Waals surface area (Å²) in [6, 6.07) is 15.3. The Hall–Kier alpha value is -3.49. The van der Waals surface area contributed by atoms with Crippen LogP contribution in [0.15, 0.2) is 71.4 Å². The fraction of sp³-hybridized carbons (Fsp3) is 0.217. The van der Waals surface area contributed by atoms with Gasteiger partial charge in [-0.1, -0.05) is 54.1 Å². The molecular weight excluding hydrogens is 432 g/mol. The number of halogens is 1. The first-order valence-electron chi connectivity index (χ1n) is 10.2. The molecular formula is C23H21ClN4O4. The van der Waals surface area contributed by atoms with Crippen LogP contribution in [0.1, 0.15) is 5.56 Å². The number of nitro groups is 1. The number of rotatable bonds is 6. The average molecular weight is 453 g/mol. The number of carbonyl (C=O) groups is 2. The minimum atomic E-state index is -0.617. The molecule has 1 saturated heterocycles. The highest BCUT2D eigenvalue weighted by molar-refractivity contribution is 6.52. The van der Waals surface area contributed by atoms with E-state index in [1.807, 2.05) is 35.2 Å². The van der Waals surface area contributed by atoms with Crippen LogP contribution in [0.25, 0.3) is 6.08 Å². The smallest absolute Gasteiger partial charge is 0.283 e. The number of hydrogen-bond acceptors (Lipinski definition) is 6. The molecule has 2 aliphatic heterocycles. The van der Waals surface area contributed by atoms with Crippen molar-refractivity contribution in [2.45, 2.75) is 0 Å². The molecule has 0 aliphatic carbocycles. The molecule has 8 nitrogen and oxygen atoms in total. The van der Waals surface area contributed by atoms with Crippen molar-refractivity contribution in [2.24, 2.45) is 0 Å². The lowest BCUT2D eigenvalue weighted by Gasteiger charge is -2.35. The van der Waals surface area contributed by atoms with Crippen LogP contribution in [0, 0.1) is 10.1 Å². The fourth-order valence-corrected chi connectivity index (χ4v) is 4.06. The number of imide groups is 1. The molecule has 32 heavy (non-hydrogen) atoms. The molecule has 0 aromatic heterocycles. The second kappa shape index (κ2) is 9.33. The van der Waals surface area contributed by atoms with E-state index in [-0.39, 0.29) is 22.1 Å². The quantitative estimate of drug-likeness (QED) is 0.380. The topological polar surface area (TPSA) is 87.0 Å². The van der Waals surface area contributed by atoms with E-state index in [1.54, 1.807) is 0 Å². The third-order valence-electron chi connectivity index (χ3n) is 5.49. The normalized spacial score (nSPS) is 17.7. The third kappa shape index (κ3) is 4.42. The Morgan fingerprint density at radius 1 is 0.938 bits per heavy atom. The number of non-ortho nitro benzene ring substituents is 1. The van der Waals surface area contributed by atoms with Crippen molar-refractivity contribution in [2.75, 3.05) is 37.6 Å². The highest BCUT2D eigenvalue weighted by atomic mass is 35.5. The lowest BCUT2D eigenvalue weighted by atomic mass is 10.2. The van der Waals surface area contributed by atoms with Crippen molar-refractivity contribution >= 4 is 40.9 Å². The molecule has 2 aromatic rings. The Balaban J connectivity index is 1.39. The summed E-state index contributed by atoms with van der Waals surface area (Å²) < 4.78 is 0. The molecule has 0 atom stereocenters. The second-order valence-electron chi connectivity index (χ2n) is 7.48. The van der Waals surface area contributed by atoms with Gasteiger partial charge in [0.15, 0.2) is 0 Å². The summed E-state index contributed by atoms with van der Waals surface area (Å²) >= 11 is 6.26. The zero-order chi connectivity index (χ0) is 22.7. The predicted octanol–water partition coefficient (Wildman–Crippen LogP) is 3.25. The van der Waals surface area contributed by atoms with Crippen LogP contribution in [0.4, 0.5) is 11.4 Å². The van der Waals surface area contributed by atoms with Gasteiger partial charge in [-0.2, -0.15) is 0 Å². The van der Waals surface area contributed by atoms with E-state index < -0.39 is 16.7 Å². The number of piperazine rings is 1. The van der Waals surface area contributed by atoms with Gasteiger partial charge >= 0.3 is 0 Å². The summed E-state index contributed by atoms with van der Waals surface area (Å²) in [7, 11) is 0. The molecule has 164 valence electrons. The second-order valence-corrected chi connectivity index (χ2v) is 7.86. The maximum absolute atomic E-state index is 13.0. The minimum absolute atomic E-state index is 0.120. The van der Waals surface area contributed by atoms with Crippen molar-refractivity contribution in [3.8, 4) is 0 Å². The number of nitrogens with zero attached hydrogens (tertiary/aromatic N) is 4. The number of nitro benzene ring substituents is 1. The van der Waals surface area contributed by atoms with Gasteiger partial charge in [-0.05, 0) is 17.7 Å². The van der Waals surface area contributed by atoms with Crippen LogP contribution in [-0.2, 0) is 9.59 Å². The van der Waals surface area contributed by atoms with Crippen LogP contribution in [0.3, 0.4) is 0 Å². The molecule has 4 rings (SSSR count). The summed E-state index contributed by atoms with van der Waals surface area (Å²) in [5.41, 5.74) is 1.46. The molecule has 0 spiro atoms. The number of anilines is 1. The van der Waals surface area contributed by atoms with Crippen LogP contribution < -0.4 is 4.90 Å². The van der Waals surface area contributed by atoms with E-state index >= 15 is 0 Å². The highest BCUT2D eigenvalue weighted by Crippen LogP contribution is 2.32. The van der Waals surface area contributed by atoms with Gasteiger partial charge in [0.1, 0.15) is 10.7 Å². The summed E-state index contributed by atoms with van der Waals surface area (Å²) in [5, 5.41) is 10.7. The van der Waals surface area contributed by atoms with E-state index in [2.05, 4.69) is 17.1 Å². The fourth-order valence-electron chi connectivity index (χ4n) is 3.78. The van der Waals surface area contributed by atoms with Gasteiger partial charge in [0.2, 0.25) is 0 Å². The van der Waals surface area contributed by atoms with E-state index in [9.17, 15) is 19.7 Å². The largest absolute Gasteiger partial charge is 0.363 e.